The third kappa shape index (κ3) is 4.12. The number of hydrogen-bond acceptors (Lipinski definition) is 2. The summed E-state index contributed by atoms with van der Waals surface area (Å²) in [5.74, 6) is -3.84. The second kappa shape index (κ2) is 7.60. The standard InChI is InChI=1S/C19H26F2N2O/c20-19(21,16-8-2-1-3-9-16)18(24)22-17-10-12-23(13-11-17)14-15-6-4-5-7-15/h1-3,8-9,15,17H,4-7,10-14H2,(H,22,24). The Labute approximate surface area is 142 Å². The van der Waals surface area contributed by atoms with Gasteiger partial charge in [0.05, 0.1) is 0 Å². The lowest BCUT2D eigenvalue weighted by atomic mass is 10.0. The Hall–Kier alpha value is -1.49. The molecule has 0 radical (unpaired) electrons. The van der Waals surface area contributed by atoms with Crippen LogP contribution in [-0.2, 0) is 10.7 Å². The summed E-state index contributed by atoms with van der Waals surface area (Å²) in [5.41, 5.74) is -0.249. The predicted molar refractivity (Wildman–Crippen MR) is 89.9 cm³/mol. The first-order valence-corrected chi connectivity index (χ1v) is 9.02. The summed E-state index contributed by atoms with van der Waals surface area (Å²) in [6.07, 6.45) is 6.82. The van der Waals surface area contributed by atoms with E-state index in [1.54, 1.807) is 6.07 Å². The van der Waals surface area contributed by atoms with Crippen LogP contribution in [0.5, 0.6) is 0 Å². The van der Waals surface area contributed by atoms with E-state index in [4.69, 9.17) is 0 Å². The van der Waals surface area contributed by atoms with E-state index in [-0.39, 0.29) is 11.6 Å². The molecule has 0 spiro atoms. The van der Waals surface area contributed by atoms with Crippen LogP contribution in [0.3, 0.4) is 0 Å². The summed E-state index contributed by atoms with van der Waals surface area (Å²) in [6, 6.07) is 7.16. The van der Waals surface area contributed by atoms with Gasteiger partial charge in [-0.2, -0.15) is 8.78 Å². The van der Waals surface area contributed by atoms with Gasteiger partial charge < -0.3 is 10.2 Å². The topological polar surface area (TPSA) is 32.3 Å². The molecule has 1 aliphatic heterocycles. The highest BCUT2D eigenvalue weighted by Crippen LogP contribution is 2.29. The number of halogens is 2. The van der Waals surface area contributed by atoms with Gasteiger partial charge in [-0.1, -0.05) is 43.2 Å². The van der Waals surface area contributed by atoms with Crippen LogP contribution >= 0.6 is 0 Å². The smallest absolute Gasteiger partial charge is 0.348 e. The van der Waals surface area contributed by atoms with Crippen LogP contribution in [0.15, 0.2) is 30.3 Å². The average Bonchev–Trinajstić information content (AvgIpc) is 3.10. The van der Waals surface area contributed by atoms with E-state index < -0.39 is 11.8 Å². The van der Waals surface area contributed by atoms with Crippen LogP contribution in [0, 0.1) is 5.92 Å². The molecule has 1 saturated heterocycles. The molecule has 3 rings (SSSR count). The van der Waals surface area contributed by atoms with Gasteiger partial charge in [-0.3, -0.25) is 4.79 Å². The Morgan fingerprint density at radius 1 is 1.08 bits per heavy atom. The fourth-order valence-electron chi connectivity index (χ4n) is 3.87. The summed E-state index contributed by atoms with van der Waals surface area (Å²) in [4.78, 5) is 14.4. The van der Waals surface area contributed by atoms with E-state index in [0.717, 1.165) is 38.4 Å². The minimum atomic E-state index is -3.47. The van der Waals surface area contributed by atoms with Crippen LogP contribution < -0.4 is 5.32 Å². The van der Waals surface area contributed by atoms with E-state index in [9.17, 15) is 13.6 Å². The van der Waals surface area contributed by atoms with Crippen molar-refractivity contribution in [1.29, 1.82) is 0 Å². The Bertz CT molecular complexity index is 536. The highest BCUT2D eigenvalue weighted by Gasteiger charge is 2.41. The number of amides is 1. The number of carbonyl (C=O) groups is 1. The lowest BCUT2D eigenvalue weighted by Gasteiger charge is -2.34. The van der Waals surface area contributed by atoms with Gasteiger partial charge in [0.2, 0.25) is 0 Å². The van der Waals surface area contributed by atoms with Gasteiger partial charge in [-0.15, -0.1) is 0 Å². The maximum absolute atomic E-state index is 14.2. The molecule has 2 aliphatic rings. The molecular formula is C19H26F2N2O. The van der Waals surface area contributed by atoms with Gasteiger partial charge in [-0.25, -0.2) is 0 Å². The molecule has 1 aromatic rings. The molecule has 0 aromatic heterocycles. The van der Waals surface area contributed by atoms with E-state index in [2.05, 4.69) is 10.2 Å². The molecule has 3 nitrogen and oxygen atoms in total. The predicted octanol–water partition coefficient (Wildman–Crippen LogP) is 3.55. The van der Waals surface area contributed by atoms with Gasteiger partial charge in [0.25, 0.3) is 5.91 Å². The van der Waals surface area contributed by atoms with Gasteiger partial charge in [0, 0.05) is 31.2 Å². The summed E-state index contributed by atoms with van der Waals surface area (Å²) in [6.45, 7) is 2.90. The van der Waals surface area contributed by atoms with Gasteiger partial charge >= 0.3 is 5.92 Å². The van der Waals surface area contributed by atoms with Crippen LogP contribution in [0.25, 0.3) is 0 Å². The molecule has 2 fully saturated rings. The molecule has 5 heteroatoms. The number of likely N-dealkylation sites (tertiary alicyclic amines) is 1. The fourth-order valence-corrected chi connectivity index (χ4v) is 3.87. The molecule has 0 atom stereocenters. The zero-order chi connectivity index (χ0) is 17.0. The minimum Gasteiger partial charge on any atom is -0.348 e. The summed E-state index contributed by atoms with van der Waals surface area (Å²) < 4.78 is 28.5. The Morgan fingerprint density at radius 3 is 2.33 bits per heavy atom. The first kappa shape index (κ1) is 17.3. The van der Waals surface area contributed by atoms with Crippen LogP contribution in [-0.4, -0.2) is 36.5 Å². The van der Waals surface area contributed by atoms with E-state index in [0.29, 0.717) is 0 Å². The molecule has 0 bridgehead atoms. The minimum absolute atomic E-state index is 0.146. The number of rotatable bonds is 5. The summed E-state index contributed by atoms with van der Waals surface area (Å²) in [5, 5.41) is 2.56. The Morgan fingerprint density at radius 2 is 1.71 bits per heavy atom. The lowest BCUT2D eigenvalue weighted by Crippen LogP contribution is -2.49. The number of nitrogens with one attached hydrogen (secondary N) is 1. The third-order valence-corrected chi connectivity index (χ3v) is 5.34. The Balaban J connectivity index is 1.47. The Kier molecular flexibility index (Phi) is 5.49. The van der Waals surface area contributed by atoms with Crippen LogP contribution in [0.4, 0.5) is 8.78 Å². The molecule has 1 amide bonds. The number of hydrogen-bond donors (Lipinski definition) is 1. The van der Waals surface area contributed by atoms with Crippen molar-refractivity contribution in [3.63, 3.8) is 0 Å². The molecule has 24 heavy (non-hydrogen) atoms. The second-order valence-corrected chi connectivity index (χ2v) is 7.14. The number of benzene rings is 1. The van der Waals surface area contributed by atoms with E-state index in [1.165, 1.54) is 49.9 Å². The van der Waals surface area contributed by atoms with Crippen molar-refractivity contribution in [2.75, 3.05) is 19.6 Å². The molecule has 1 N–H and O–H groups in total. The third-order valence-electron chi connectivity index (χ3n) is 5.34. The molecule has 0 unspecified atom stereocenters. The van der Waals surface area contributed by atoms with E-state index >= 15 is 0 Å². The number of carbonyl (C=O) groups excluding carboxylic acids is 1. The van der Waals surface area contributed by atoms with Crippen molar-refractivity contribution < 1.29 is 13.6 Å². The molecule has 1 heterocycles. The van der Waals surface area contributed by atoms with Crippen molar-refractivity contribution in [3.05, 3.63) is 35.9 Å². The summed E-state index contributed by atoms with van der Waals surface area (Å²) in [7, 11) is 0. The quantitative estimate of drug-likeness (QED) is 0.892. The molecule has 1 saturated carbocycles. The normalized spacial score (nSPS) is 21.1. The maximum Gasteiger partial charge on any atom is 0.349 e. The van der Waals surface area contributed by atoms with Crippen molar-refractivity contribution >= 4 is 5.91 Å². The highest BCUT2D eigenvalue weighted by atomic mass is 19.3. The molecule has 1 aromatic carbocycles. The monoisotopic (exact) mass is 336 g/mol. The largest absolute Gasteiger partial charge is 0.349 e. The first-order valence-electron chi connectivity index (χ1n) is 9.02. The molecule has 132 valence electrons. The second-order valence-electron chi connectivity index (χ2n) is 7.14. The zero-order valence-corrected chi connectivity index (χ0v) is 14.0. The highest BCUT2D eigenvalue weighted by molar-refractivity contribution is 5.85. The molecular weight excluding hydrogens is 310 g/mol. The van der Waals surface area contributed by atoms with Gasteiger partial charge in [-0.05, 0) is 31.6 Å². The maximum atomic E-state index is 14.2. The number of piperidine rings is 1. The summed E-state index contributed by atoms with van der Waals surface area (Å²) >= 11 is 0. The van der Waals surface area contributed by atoms with E-state index in [1.807, 2.05) is 0 Å². The first-order chi connectivity index (χ1) is 11.6. The SMILES string of the molecule is O=C(NC1CCN(CC2CCCC2)CC1)C(F)(F)c1ccccc1. The van der Waals surface area contributed by atoms with Gasteiger partial charge in [0.15, 0.2) is 0 Å². The van der Waals surface area contributed by atoms with Gasteiger partial charge in [0.1, 0.15) is 0 Å². The fraction of sp³-hybridized carbons (Fsp3) is 0.632. The van der Waals surface area contributed by atoms with Crippen LogP contribution in [0.1, 0.15) is 44.1 Å². The van der Waals surface area contributed by atoms with Crippen molar-refractivity contribution in [2.45, 2.75) is 50.5 Å². The number of nitrogens with zero attached hydrogens (tertiary/aromatic N) is 1. The molecule has 1 aliphatic carbocycles. The van der Waals surface area contributed by atoms with Crippen LogP contribution in [0.2, 0.25) is 0 Å². The average molecular weight is 336 g/mol. The van der Waals surface area contributed by atoms with Crippen molar-refractivity contribution in [1.82, 2.24) is 10.2 Å². The lowest BCUT2D eigenvalue weighted by molar-refractivity contribution is -0.148. The zero-order valence-electron chi connectivity index (χ0n) is 14.0. The number of alkyl halides is 2. The van der Waals surface area contributed by atoms with Crippen molar-refractivity contribution in [3.8, 4) is 0 Å². The van der Waals surface area contributed by atoms with Crippen molar-refractivity contribution in [2.24, 2.45) is 5.92 Å².